The predicted octanol–water partition coefficient (Wildman–Crippen LogP) is 7.65. The van der Waals surface area contributed by atoms with Gasteiger partial charge in [0.15, 0.2) is 5.82 Å². The highest BCUT2D eigenvalue weighted by Gasteiger charge is 2.19. The Labute approximate surface area is 256 Å². The molecule has 0 spiro atoms. The normalized spacial score (nSPS) is 11.5. The maximum Gasteiger partial charge on any atom is 0.282 e. The molecule has 0 unspecified atom stereocenters. The lowest BCUT2D eigenvalue weighted by Gasteiger charge is -2.18. The van der Waals surface area contributed by atoms with Gasteiger partial charge in [-0.2, -0.15) is 15.0 Å². The fourth-order valence-electron chi connectivity index (χ4n) is 5.66. The highest BCUT2D eigenvalue weighted by atomic mass is 16.5. The molecular weight excluding hydrogens is 546 g/mol. The minimum Gasteiger partial charge on any atom is -0.494 e. The Balaban J connectivity index is 1.52. The number of aryl methyl sites for hydroxylation is 1. The van der Waals surface area contributed by atoms with Gasteiger partial charge in [-0.25, -0.2) is 4.98 Å². The van der Waals surface area contributed by atoms with Crippen LogP contribution in [-0.2, 0) is 6.54 Å². The van der Waals surface area contributed by atoms with E-state index in [0.717, 1.165) is 44.5 Å². The molecule has 7 nitrogen and oxygen atoms in total. The van der Waals surface area contributed by atoms with E-state index in [9.17, 15) is 10.1 Å². The van der Waals surface area contributed by atoms with Gasteiger partial charge in [0.1, 0.15) is 5.75 Å². The van der Waals surface area contributed by atoms with Crippen molar-refractivity contribution in [1.82, 2.24) is 14.2 Å². The Kier molecular flexibility index (Phi) is 7.82. The molecule has 0 radical (unpaired) electrons. The SMILES string of the molecule is CCOc1cc(C)c(-c2nc3ccccc3c(=O)n2N=Cc2cn(Cc3ccccc3C#N)c3ccccc23)cc1C(C)C. The van der Waals surface area contributed by atoms with E-state index in [0.29, 0.717) is 35.4 Å². The minimum absolute atomic E-state index is 0.206. The molecule has 2 heterocycles. The fraction of sp³-hybridized carbons (Fsp3) is 0.189. The molecule has 218 valence electrons. The van der Waals surface area contributed by atoms with Crippen LogP contribution >= 0.6 is 0 Å². The summed E-state index contributed by atoms with van der Waals surface area (Å²) >= 11 is 0. The molecular formula is C37H33N5O2. The second kappa shape index (κ2) is 12.0. The summed E-state index contributed by atoms with van der Waals surface area (Å²) in [5.41, 5.74) is 6.63. The van der Waals surface area contributed by atoms with Gasteiger partial charge in [-0.3, -0.25) is 4.79 Å². The number of fused-ring (bicyclic) bond motifs is 2. The molecule has 0 aliphatic heterocycles. The topological polar surface area (TPSA) is 85.2 Å². The van der Waals surface area contributed by atoms with Gasteiger partial charge in [0.2, 0.25) is 0 Å². The Morgan fingerprint density at radius 1 is 1.00 bits per heavy atom. The molecule has 0 saturated carbocycles. The van der Waals surface area contributed by atoms with Gasteiger partial charge in [-0.1, -0.05) is 62.4 Å². The highest BCUT2D eigenvalue weighted by Crippen LogP contribution is 2.34. The first kappa shape index (κ1) is 28.6. The van der Waals surface area contributed by atoms with Crippen molar-refractivity contribution in [2.75, 3.05) is 6.61 Å². The first-order valence-corrected chi connectivity index (χ1v) is 14.8. The van der Waals surface area contributed by atoms with Crippen molar-refractivity contribution in [1.29, 1.82) is 5.26 Å². The number of nitrogens with zero attached hydrogens (tertiary/aromatic N) is 5. The van der Waals surface area contributed by atoms with E-state index in [-0.39, 0.29) is 11.5 Å². The number of rotatable bonds is 8. The summed E-state index contributed by atoms with van der Waals surface area (Å²) in [7, 11) is 0. The first-order chi connectivity index (χ1) is 21.4. The summed E-state index contributed by atoms with van der Waals surface area (Å²) in [4.78, 5) is 18.9. The Morgan fingerprint density at radius 2 is 1.73 bits per heavy atom. The number of aromatic nitrogens is 3. The van der Waals surface area contributed by atoms with Crippen LogP contribution in [-0.4, -0.2) is 27.0 Å². The van der Waals surface area contributed by atoms with Crippen LogP contribution < -0.4 is 10.3 Å². The molecule has 2 aromatic heterocycles. The van der Waals surface area contributed by atoms with Crippen molar-refractivity contribution in [2.24, 2.45) is 5.10 Å². The van der Waals surface area contributed by atoms with E-state index in [1.165, 1.54) is 4.68 Å². The van der Waals surface area contributed by atoms with E-state index in [1.54, 1.807) is 12.3 Å². The molecule has 44 heavy (non-hydrogen) atoms. The average Bonchev–Trinajstić information content (AvgIpc) is 3.38. The highest BCUT2D eigenvalue weighted by molar-refractivity contribution is 5.99. The van der Waals surface area contributed by atoms with Gasteiger partial charge >= 0.3 is 0 Å². The predicted molar refractivity (Wildman–Crippen MR) is 177 cm³/mol. The number of nitriles is 1. The third-order valence-electron chi connectivity index (χ3n) is 7.88. The van der Waals surface area contributed by atoms with Crippen LogP contribution in [0.3, 0.4) is 0 Å². The van der Waals surface area contributed by atoms with Crippen molar-refractivity contribution in [3.8, 4) is 23.2 Å². The van der Waals surface area contributed by atoms with E-state index in [4.69, 9.17) is 14.8 Å². The smallest absolute Gasteiger partial charge is 0.282 e. The lowest BCUT2D eigenvalue weighted by Crippen LogP contribution is -2.20. The summed E-state index contributed by atoms with van der Waals surface area (Å²) in [6, 6.07) is 29.4. The molecule has 6 aromatic rings. The summed E-state index contributed by atoms with van der Waals surface area (Å²) in [6.07, 6.45) is 3.74. The molecule has 0 fully saturated rings. The summed E-state index contributed by atoms with van der Waals surface area (Å²) in [5.74, 6) is 1.52. The molecule has 0 N–H and O–H groups in total. The van der Waals surface area contributed by atoms with Crippen molar-refractivity contribution in [3.05, 3.63) is 129 Å². The Morgan fingerprint density at radius 3 is 2.50 bits per heavy atom. The second-order valence-electron chi connectivity index (χ2n) is 11.1. The zero-order chi connectivity index (χ0) is 30.8. The number of hydrogen-bond acceptors (Lipinski definition) is 5. The number of hydrogen-bond donors (Lipinski definition) is 0. The fourth-order valence-corrected chi connectivity index (χ4v) is 5.66. The van der Waals surface area contributed by atoms with Gasteiger partial charge in [0.25, 0.3) is 5.56 Å². The van der Waals surface area contributed by atoms with Crippen LogP contribution in [0.5, 0.6) is 5.75 Å². The van der Waals surface area contributed by atoms with Crippen LogP contribution in [0.15, 0.2) is 101 Å². The Hall–Kier alpha value is -5.48. The lowest BCUT2D eigenvalue weighted by molar-refractivity contribution is 0.335. The van der Waals surface area contributed by atoms with E-state index in [1.807, 2.05) is 92.8 Å². The van der Waals surface area contributed by atoms with E-state index in [2.05, 4.69) is 30.6 Å². The molecule has 0 aliphatic carbocycles. The largest absolute Gasteiger partial charge is 0.494 e. The molecule has 0 saturated heterocycles. The second-order valence-corrected chi connectivity index (χ2v) is 11.1. The quantitative estimate of drug-likeness (QED) is 0.173. The standard InChI is InChI=1S/C37H33N5O2/c1-5-44-35-18-25(4)32(19-31(35)24(2)3)36-40-33-16-10-8-15-30(33)37(43)42(36)39-21-28-23-41(34-17-11-9-14-29(28)34)22-27-13-7-6-12-26(27)20-38/h6-19,21,23-24H,5,22H2,1-4H3. The van der Waals surface area contributed by atoms with Crippen LogP contribution in [0.4, 0.5) is 0 Å². The molecule has 0 amide bonds. The third kappa shape index (κ3) is 5.27. The third-order valence-corrected chi connectivity index (χ3v) is 7.88. The van der Waals surface area contributed by atoms with Gasteiger partial charge in [0.05, 0.1) is 35.4 Å². The Bertz CT molecular complexity index is 2150. The molecule has 6 rings (SSSR count). The van der Waals surface area contributed by atoms with E-state index < -0.39 is 0 Å². The van der Waals surface area contributed by atoms with Crippen LogP contribution in [0.1, 0.15) is 54.5 Å². The number of ether oxygens (including phenoxy) is 1. The first-order valence-electron chi connectivity index (χ1n) is 14.8. The van der Waals surface area contributed by atoms with Crippen LogP contribution in [0, 0.1) is 18.3 Å². The zero-order valence-corrected chi connectivity index (χ0v) is 25.3. The summed E-state index contributed by atoms with van der Waals surface area (Å²) in [6.45, 7) is 9.33. The van der Waals surface area contributed by atoms with Crippen molar-refractivity contribution >= 4 is 28.0 Å². The average molecular weight is 580 g/mol. The minimum atomic E-state index is -0.243. The molecule has 4 aromatic carbocycles. The maximum atomic E-state index is 14.0. The van der Waals surface area contributed by atoms with Gasteiger partial charge < -0.3 is 9.30 Å². The van der Waals surface area contributed by atoms with Gasteiger partial charge in [-0.05, 0) is 72.9 Å². The van der Waals surface area contributed by atoms with Gasteiger partial charge in [0, 0.05) is 34.8 Å². The van der Waals surface area contributed by atoms with Crippen LogP contribution in [0.25, 0.3) is 33.2 Å². The number of para-hydroxylation sites is 2. The zero-order valence-electron chi connectivity index (χ0n) is 25.3. The summed E-state index contributed by atoms with van der Waals surface area (Å²) in [5, 5.41) is 15.9. The van der Waals surface area contributed by atoms with Crippen LogP contribution in [0.2, 0.25) is 0 Å². The monoisotopic (exact) mass is 579 g/mol. The molecule has 7 heteroatoms. The van der Waals surface area contributed by atoms with E-state index >= 15 is 0 Å². The molecule has 0 atom stereocenters. The number of benzene rings is 4. The van der Waals surface area contributed by atoms with Crippen molar-refractivity contribution < 1.29 is 4.74 Å². The molecule has 0 bridgehead atoms. The van der Waals surface area contributed by atoms with Gasteiger partial charge in [-0.15, -0.1) is 0 Å². The lowest BCUT2D eigenvalue weighted by atomic mass is 9.96. The summed E-state index contributed by atoms with van der Waals surface area (Å²) < 4.78 is 9.48. The molecule has 0 aliphatic rings. The van der Waals surface area contributed by atoms with Crippen molar-refractivity contribution in [2.45, 2.75) is 40.2 Å². The van der Waals surface area contributed by atoms with Crippen molar-refractivity contribution in [3.63, 3.8) is 0 Å². The maximum absolute atomic E-state index is 14.0.